The zero-order chi connectivity index (χ0) is 14.7. The predicted octanol–water partition coefficient (Wildman–Crippen LogP) is 3.12. The maximum atomic E-state index is 10.7. The smallest absolute Gasteiger partial charge is 0.323 e. The number of hydrogen-bond acceptors (Lipinski definition) is 6. The first-order valence-electron chi connectivity index (χ1n) is 5.37. The summed E-state index contributed by atoms with van der Waals surface area (Å²) in [6.45, 7) is 1.69. The number of hydrogen-bond donors (Lipinski definition) is 0. The topological polar surface area (TPSA) is 102 Å². The molecule has 0 N–H and O–H groups in total. The van der Waals surface area contributed by atoms with E-state index in [4.69, 9.17) is 10.00 Å². The molecule has 0 aliphatic rings. The molecule has 0 atom stereocenters. The summed E-state index contributed by atoms with van der Waals surface area (Å²) in [4.78, 5) is 18.1. The Morgan fingerprint density at radius 1 is 1.40 bits per heavy atom. The Balaban J connectivity index is 2.39. The molecule has 1 aromatic carbocycles. The second kappa shape index (κ2) is 5.63. The molecule has 7 nitrogen and oxygen atoms in total. The molecule has 0 fully saturated rings. The number of rotatable bonds is 3. The van der Waals surface area contributed by atoms with Crippen LogP contribution in [0.3, 0.4) is 0 Å². The lowest BCUT2D eigenvalue weighted by atomic mass is 10.3. The van der Waals surface area contributed by atoms with Crippen LogP contribution in [0.4, 0.5) is 5.69 Å². The van der Waals surface area contributed by atoms with Crippen LogP contribution in [0.15, 0.2) is 28.7 Å². The summed E-state index contributed by atoms with van der Waals surface area (Å²) in [6, 6.07) is 7.45. The van der Waals surface area contributed by atoms with E-state index in [-0.39, 0.29) is 23.1 Å². The number of nitro groups is 1. The van der Waals surface area contributed by atoms with Gasteiger partial charge in [0.05, 0.1) is 15.5 Å². The molecule has 0 saturated carbocycles. The molecule has 0 spiro atoms. The fraction of sp³-hybridized carbons (Fsp3) is 0.0833. The Hall–Kier alpha value is -2.53. The van der Waals surface area contributed by atoms with Crippen molar-refractivity contribution < 1.29 is 9.66 Å². The molecule has 20 heavy (non-hydrogen) atoms. The average Bonchev–Trinajstić information content (AvgIpc) is 2.40. The van der Waals surface area contributed by atoms with Crippen molar-refractivity contribution >= 4 is 21.6 Å². The summed E-state index contributed by atoms with van der Waals surface area (Å²) in [6.07, 6.45) is 0. The van der Waals surface area contributed by atoms with E-state index in [0.29, 0.717) is 10.2 Å². The number of aromatic nitrogens is 2. The highest BCUT2D eigenvalue weighted by Crippen LogP contribution is 2.31. The number of halogens is 1. The highest BCUT2D eigenvalue weighted by Gasteiger charge is 2.13. The summed E-state index contributed by atoms with van der Waals surface area (Å²) >= 11 is 3.22. The Kier molecular flexibility index (Phi) is 3.91. The van der Waals surface area contributed by atoms with Crippen molar-refractivity contribution in [2.24, 2.45) is 0 Å². The minimum Gasteiger partial charge on any atom is -0.423 e. The van der Waals surface area contributed by atoms with Crippen LogP contribution in [-0.4, -0.2) is 14.9 Å². The molecule has 2 aromatic rings. The van der Waals surface area contributed by atoms with Crippen molar-refractivity contribution in [3.63, 3.8) is 0 Å². The van der Waals surface area contributed by atoms with Crippen LogP contribution in [0.1, 0.15) is 11.4 Å². The number of benzene rings is 1. The molecule has 8 heteroatoms. The summed E-state index contributed by atoms with van der Waals surface area (Å²) < 4.78 is 5.92. The Morgan fingerprint density at radius 3 is 2.80 bits per heavy atom. The van der Waals surface area contributed by atoms with Gasteiger partial charge in [0, 0.05) is 11.8 Å². The number of aryl methyl sites for hydroxylation is 1. The van der Waals surface area contributed by atoms with E-state index in [9.17, 15) is 10.1 Å². The normalized spacial score (nSPS) is 9.85. The van der Waals surface area contributed by atoms with E-state index >= 15 is 0 Å². The molecule has 0 bridgehead atoms. The quantitative estimate of drug-likeness (QED) is 0.631. The SMILES string of the molecule is Cc1cc(C#N)nc(Oc2cc([N+](=O)[O-])ccc2Br)n1. The van der Waals surface area contributed by atoms with E-state index in [1.807, 2.05) is 6.07 Å². The fourth-order valence-corrected chi connectivity index (χ4v) is 1.75. The number of nitriles is 1. The van der Waals surface area contributed by atoms with Crippen molar-refractivity contribution in [2.45, 2.75) is 6.92 Å². The summed E-state index contributed by atoms with van der Waals surface area (Å²) in [7, 11) is 0. The van der Waals surface area contributed by atoms with E-state index in [1.54, 1.807) is 6.92 Å². The standard InChI is InChI=1S/C12H7BrN4O3/c1-7-4-8(6-14)16-12(15-7)20-11-5-9(17(18)19)2-3-10(11)13/h2-5H,1H3. The zero-order valence-electron chi connectivity index (χ0n) is 10.2. The highest BCUT2D eigenvalue weighted by molar-refractivity contribution is 9.10. The van der Waals surface area contributed by atoms with Gasteiger partial charge in [-0.15, -0.1) is 0 Å². The van der Waals surface area contributed by atoms with Crippen molar-refractivity contribution in [3.8, 4) is 17.8 Å². The third-order valence-electron chi connectivity index (χ3n) is 2.28. The lowest BCUT2D eigenvalue weighted by Crippen LogP contribution is -1.97. The van der Waals surface area contributed by atoms with Gasteiger partial charge in [-0.25, -0.2) is 4.98 Å². The predicted molar refractivity (Wildman–Crippen MR) is 72.4 cm³/mol. The van der Waals surface area contributed by atoms with Gasteiger partial charge in [0.25, 0.3) is 5.69 Å². The lowest BCUT2D eigenvalue weighted by molar-refractivity contribution is -0.384. The third kappa shape index (κ3) is 3.07. The Labute approximate surface area is 122 Å². The van der Waals surface area contributed by atoms with Gasteiger partial charge in [-0.05, 0) is 35.0 Å². The van der Waals surface area contributed by atoms with Gasteiger partial charge in [0.1, 0.15) is 11.8 Å². The van der Waals surface area contributed by atoms with Gasteiger partial charge in [-0.2, -0.15) is 10.2 Å². The van der Waals surface area contributed by atoms with Gasteiger partial charge in [0.15, 0.2) is 5.75 Å². The maximum absolute atomic E-state index is 10.7. The number of nitro benzene ring substituents is 1. The molecule has 1 aromatic heterocycles. The number of ether oxygens (including phenoxy) is 1. The van der Waals surface area contributed by atoms with Crippen LogP contribution in [0.5, 0.6) is 11.8 Å². The molecule has 1 heterocycles. The maximum Gasteiger partial charge on any atom is 0.323 e. The van der Waals surface area contributed by atoms with Crippen molar-refractivity contribution in [1.82, 2.24) is 9.97 Å². The second-order valence-electron chi connectivity index (χ2n) is 3.76. The lowest BCUT2D eigenvalue weighted by Gasteiger charge is -2.06. The largest absolute Gasteiger partial charge is 0.423 e. The molecule has 2 rings (SSSR count). The first-order valence-corrected chi connectivity index (χ1v) is 6.16. The van der Waals surface area contributed by atoms with E-state index in [2.05, 4.69) is 25.9 Å². The fourth-order valence-electron chi connectivity index (χ4n) is 1.43. The van der Waals surface area contributed by atoms with Crippen LogP contribution < -0.4 is 4.74 Å². The summed E-state index contributed by atoms with van der Waals surface area (Å²) in [5.74, 6) is 0.202. The molecule has 0 saturated heterocycles. The van der Waals surface area contributed by atoms with Crippen molar-refractivity contribution in [3.05, 3.63) is 50.2 Å². The first-order chi connectivity index (χ1) is 9.49. The van der Waals surface area contributed by atoms with E-state index < -0.39 is 4.92 Å². The van der Waals surface area contributed by atoms with E-state index in [0.717, 1.165) is 0 Å². The minimum atomic E-state index is -0.531. The van der Waals surface area contributed by atoms with Crippen LogP contribution in [0, 0.1) is 28.4 Å². The van der Waals surface area contributed by atoms with Crippen LogP contribution in [0.2, 0.25) is 0 Å². The molecule has 0 unspecified atom stereocenters. The Bertz CT molecular complexity index is 727. The van der Waals surface area contributed by atoms with Crippen LogP contribution in [0.25, 0.3) is 0 Å². The molecular formula is C12H7BrN4O3. The second-order valence-corrected chi connectivity index (χ2v) is 4.62. The highest BCUT2D eigenvalue weighted by atomic mass is 79.9. The molecule has 0 aliphatic heterocycles. The molecule has 0 radical (unpaired) electrons. The summed E-state index contributed by atoms with van der Waals surface area (Å²) in [5, 5.41) is 19.6. The van der Waals surface area contributed by atoms with Crippen LogP contribution >= 0.6 is 15.9 Å². The number of nitrogens with zero attached hydrogens (tertiary/aromatic N) is 4. The molecule has 0 amide bonds. The third-order valence-corrected chi connectivity index (χ3v) is 2.93. The number of non-ortho nitro benzene ring substituents is 1. The van der Waals surface area contributed by atoms with Gasteiger partial charge in [-0.3, -0.25) is 10.1 Å². The molecular weight excluding hydrogens is 328 g/mol. The molecule has 0 aliphatic carbocycles. The minimum absolute atomic E-state index is 0.0391. The van der Waals surface area contributed by atoms with E-state index in [1.165, 1.54) is 24.3 Å². The van der Waals surface area contributed by atoms with Gasteiger partial charge < -0.3 is 4.74 Å². The average molecular weight is 335 g/mol. The van der Waals surface area contributed by atoms with Crippen LogP contribution in [-0.2, 0) is 0 Å². The van der Waals surface area contributed by atoms with Crippen molar-refractivity contribution in [1.29, 1.82) is 5.26 Å². The molecule has 100 valence electrons. The van der Waals surface area contributed by atoms with Crippen molar-refractivity contribution in [2.75, 3.05) is 0 Å². The zero-order valence-corrected chi connectivity index (χ0v) is 11.8. The summed E-state index contributed by atoms with van der Waals surface area (Å²) in [5.41, 5.74) is 0.610. The Morgan fingerprint density at radius 2 is 2.15 bits per heavy atom. The monoisotopic (exact) mass is 334 g/mol. The first kappa shape index (κ1) is 13.9. The van der Waals surface area contributed by atoms with Gasteiger partial charge in [0.2, 0.25) is 0 Å². The van der Waals surface area contributed by atoms with Gasteiger partial charge >= 0.3 is 6.01 Å². The van der Waals surface area contributed by atoms with Gasteiger partial charge in [-0.1, -0.05) is 0 Å².